The van der Waals surface area contributed by atoms with Crippen molar-refractivity contribution >= 4 is 11.9 Å². The fourth-order valence-corrected chi connectivity index (χ4v) is 9.34. The summed E-state index contributed by atoms with van der Waals surface area (Å²) >= 11 is 0. The Kier molecular flexibility index (Phi) is 55.5. The molecule has 0 bridgehead atoms. The highest BCUT2D eigenvalue weighted by atomic mass is 16.5. The zero-order valence-corrected chi connectivity index (χ0v) is 45.1. The van der Waals surface area contributed by atoms with Gasteiger partial charge in [-0.25, -0.2) is 0 Å². The van der Waals surface area contributed by atoms with E-state index in [1.54, 1.807) is 6.08 Å². The van der Waals surface area contributed by atoms with Crippen LogP contribution in [0.1, 0.15) is 328 Å². The zero-order chi connectivity index (χ0) is 48.6. The second-order valence-corrected chi connectivity index (χ2v) is 20.7. The van der Waals surface area contributed by atoms with Crippen LogP contribution in [0.3, 0.4) is 0 Å². The smallest absolute Gasteiger partial charge is 0.305 e. The van der Waals surface area contributed by atoms with E-state index in [-0.39, 0.29) is 18.5 Å². The molecular formula is C61H117NO5. The van der Waals surface area contributed by atoms with Gasteiger partial charge in [0.1, 0.15) is 0 Å². The summed E-state index contributed by atoms with van der Waals surface area (Å²) in [7, 11) is 0. The molecule has 0 aromatic carbocycles. The molecule has 1 amide bonds. The third-order valence-corrected chi connectivity index (χ3v) is 14.0. The van der Waals surface area contributed by atoms with Crippen LogP contribution in [0, 0.1) is 0 Å². The van der Waals surface area contributed by atoms with Crippen molar-refractivity contribution < 1.29 is 24.5 Å². The molecule has 0 aliphatic rings. The minimum atomic E-state index is -0.850. The quantitative estimate of drug-likeness (QED) is 0.0321. The Morgan fingerprint density at radius 1 is 0.403 bits per heavy atom. The molecule has 0 rings (SSSR count). The summed E-state index contributed by atoms with van der Waals surface area (Å²) in [5.74, 6) is -0.0774. The van der Waals surface area contributed by atoms with Gasteiger partial charge in [-0.3, -0.25) is 9.59 Å². The Bertz CT molecular complexity index is 1040. The highest BCUT2D eigenvalue weighted by molar-refractivity contribution is 5.76. The number of ether oxygens (including phenoxy) is 1. The summed E-state index contributed by atoms with van der Waals surface area (Å²) in [6.45, 7) is 4.90. The van der Waals surface area contributed by atoms with Gasteiger partial charge >= 0.3 is 5.97 Å². The number of hydrogen-bond acceptors (Lipinski definition) is 5. The van der Waals surface area contributed by atoms with Crippen molar-refractivity contribution in [1.82, 2.24) is 5.32 Å². The molecule has 0 saturated heterocycles. The van der Waals surface area contributed by atoms with E-state index >= 15 is 0 Å². The molecule has 0 heterocycles. The SMILES string of the molecule is CCCCCCCCC/C=C\CCCCCCCCCC(=O)OCCCCCCCCCCCCCCCCCC(=O)NC(CO)C(O)/C=C/CCCCCCCCCCCCCCCCC. The third kappa shape index (κ3) is 53.5. The molecule has 0 spiro atoms. The van der Waals surface area contributed by atoms with Crippen molar-refractivity contribution in [3.63, 3.8) is 0 Å². The van der Waals surface area contributed by atoms with Gasteiger partial charge < -0.3 is 20.3 Å². The van der Waals surface area contributed by atoms with Crippen LogP contribution in [-0.4, -0.2) is 47.4 Å². The number of nitrogens with one attached hydrogen (secondary N) is 1. The second-order valence-electron chi connectivity index (χ2n) is 20.7. The molecule has 0 aromatic heterocycles. The molecule has 0 radical (unpaired) electrons. The van der Waals surface area contributed by atoms with E-state index in [0.717, 1.165) is 51.4 Å². The van der Waals surface area contributed by atoms with E-state index in [1.807, 2.05) is 6.08 Å². The van der Waals surface area contributed by atoms with Gasteiger partial charge in [0.25, 0.3) is 0 Å². The van der Waals surface area contributed by atoms with Gasteiger partial charge in [-0.2, -0.15) is 0 Å². The first-order valence-corrected chi connectivity index (χ1v) is 30.1. The van der Waals surface area contributed by atoms with E-state index in [0.29, 0.717) is 19.4 Å². The van der Waals surface area contributed by atoms with Crippen LogP contribution in [0.2, 0.25) is 0 Å². The fraction of sp³-hybridized carbons (Fsp3) is 0.902. The predicted octanol–water partition coefficient (Wildman–Crippen LogP) is 18.6. The minimum absolute atomic E-state index is 0.00290. The van der Waals surface area contributed by atoms with Gasteiger partial charge in [0.2, 0.25) is 5.91 Å². The Labute approximate surface area is 418 Å². The summed E-state index contributed by atoms with van der Waals surface area (Å²) in [6.07, 6.45) is 69.1. The van der Waals surface area contributed by atoms with Crippen LogP contribution < -0.4 is 5.32 Å². The van der Waals surface area contributed by atoms with Crippen LogP contribution in [-0.2, 0) is 14.3 Å². The lowest BCUT2D eigenvalue weighted by Gasteiger charge is -2.20. The van der Waals surface area contributed by atoms with Crippen LogP contribution in [0.15, 0.2) is 24.3 Å². The van der Waals surface area contributed by atoms with Crippen molar-refractivity contribution in [3.05, 3.63) is 24.3 Å². The maximum absolute atomic E-state index is 12.5. The van der Waals surface area contributed by atoms with Crippen LogP contribution >= 0.6 is 0 Å². The highest BCUT2D eigenvalue weighted by Gasteiger charge is 2.18. The first-order valence-electron chi connectivity index (χ1n) is 30.1. The van der Waals surface area contributed by atoms with E-state index < -0.39 is 12.1 Å². The molecule has 6 nitrogen and oxygen atoms in total. The Hall–Kier alpha value is -1.66. The third-order valence-electron chi connectivity index (χ3n) is 14.0. The number of aliphatic hydroxyl groups is 2. The first kappa shape index (κ1) is 65.3. The first-order chi connectivity index (χ1) is 33.0. The Morgan fingerprint density at radius 3 is 1.06 bits per heavy atom. The monoisotopic (exact) mass is 944 g/mol. The highest BCUT2D eigenvalue weighted by Crippen LogP contribution is 2.17. The number of esters is 1. The number of unbranched alkanes of at least 4 members (excludes halogenated alkanes) is 43. The molecule has 0 fully saturated rings. The number of allylic oxidation sites excluding steroid dienone is 3. The second kappa shape index (κ2) is 56.9. The van der Waals surface area contributed by atoms with E-state index in [2.05, 4.69) is 31.3 Å². The van der Waals surface area contributed by atoms with Gasteiger partial charge in [0.15, 0.2) is 0 Å². The van der Waals surface area contributed by atoms with Crippen molar-refractivity contribution in [3.8, 4) is 0 Å². The van der Waals surface area contributed by atoms with Crippen LogP contribution in [0.5, 0.6) is 0 Å². The predicted molar refractivity (Wildman–Crippen MR) is 292 cm³/mol. The van der Waals surface area contributed by atoms with E-state index in [4.69, 9.17) is 4.74 Å². The fourth-order valence-electron chi connectivity index (χ4n) is 9.34. The maximum Gasteiger partial charge on any atom is 0.305 e. The van der Waals surface area contributed by atoms with Crippen molar-refractivity contribution in [2.75, 3.05) is 13.2 Å². The largest absolute Gasteiger partial charge is 0.466 e. The maximum atomic E-state index is 12.5. The molecule has 2 atom stereocenters. The van der Waals surface area contributed by atoms with Crippen molar-refractivity contribution in [2.45, 2.75) is 341 Å². The van der Waals surface area contributed by atoms with Crippen LogP contribution in [0.25, 0.3) is 0 Å². The van der Waals surface area contributed by atoms with Gasteiger partial charge in [0.05, 0.1) is 25.4 Å². The van der Waals surface area contributed by atoms with Gasteiger partial charge in [0, 0.05) is 12.8 Å². The summed E-state index contributed by atoms with van der Waals surface area (Å²) in [5, 5.41) is 23.1. The number of hydrogen-bond donors (Lipinski definition) is 3. The molecule has 396 valence electrons. The van der Waals surface area contributed by atoms with Gasteiger partial charge in [-0.1, -0.05) is 282 Å². The number of carbonyl (C=O) groups excluding carboxylic acids is 2. The zero-order valence-electron chi connectivity index (χ0n) is 45.1. The molecule has 0 aliphatic heterocycles. The van der Waals surface area contributed by atoms with Gasteiger partial charge in [-0.05, 0) is 57.8 Å². The number of aliphatic hydroxyl groups excluding tert-OH is 2. The lowest BCUT2D eigenvalue weighted by Crippen LogP contribution is -2.45. The van der Waals surface area contributed by atoms with Crippen molar-refractivity contribution in [1.29, 1.82) is 0 Å². The number of rotatable bonds is 56. The summed E-state index contributed by atoms with van der Waals surface area (Å²) < 4.78 is 5.49. The van der Waals surface area contributed by atoms with Gasteiger partial charge in [-0.15, -0.1) is 0 Å². The Balaban J connectivity index is 3.45. The summed E-state index contributed by atoms with van der Waals surface area (Å²) in [4.78, 5) is 24.6. The molecule has 67 heavy (non-hydrogen) atoms. The molecule has 0 aromatic rings. The minimum Gasteiger partial charge on any atom is -0.466 e. The molecule has 2 unspecified atom stereocenters. The lowest BCUT2D eigenvalue weighted by molar-refractivity contribution is -0.143. The Morgan fingerprint density at radius 2 is 0.701 bits per heavy atom. The molecular weight excluding hydrogens is 827 g/mol. The van der Waals surface area contributed by atoms with E-state index in [1.165, 1.54) is 250 Å². The molecule has 3 N–H and O–H groups in total. The molecule has 0 saturated carbocycles. The molecule has 6 heteroatoms. The normalized spacial score (nSPS) is 12.7. The topological polar surface area (TPSA) is 95.9 Å². The standard InChI is InChI=1S/C61H117NO5/c1-3-5-7-9-11-13-15-17-19-21-23-27-31-35-39-43-47-51-55-61(66)67-56-52-48-44-40-36-32-28-24-26-30-34-38-42-46-50-54-60(65)62-58(57-63)59(64)53-49-45-41-37-33-29-25-22-20-18-16-14-12-10-8-6-4-2/h19,21,49,53,58-59,63-64H,3-18,20,22-48,50-52,54-57H2,1-2H3,(H,62,65)/b21-19-,53-49+. The lowest BCUT2D eigenvalue weighted by atomic mass is 10.0. The average Bonchev–Trinajstić information content (AvgIpc) is 3.33. The summed E-state index contributed by atoms with van der Waals surface area (Å²) in [5.41, 5.74) is 0. The average molecular weight is 945 g/mol. The van der Waals surface area contributed by atoms with E-state index in [9.17, 15) is 19.8 Å². The van der Waals surface area contributed by atoms with Crippen molar-refractivity contribution in [2.24, 2.45) is 0 Å². The van der Waals surface area contributed by atoms with Crippen LogP contribution in [0.4, 0.5) is 0 Å². The molecule has 0 aliphatic carbocycles. The summed E-state index contributed by atoms with van der Waals surface area (Å²) in [6, 6.07) is -0.634. The number of carbonyl (C=O) groups is 2. The number of amides is 1.